The second-order valence-corrected chi connectivity index (χ2v) is 9.17. The minimum Gasteiger partial charge on any atom is -0.300 e. The number of Topliss-reactive ketones (excluding diaryl/α,β-unsaturated/α-hetero) is 2. The minimum atomic E-state index is 0.358. The maximum Gasteiger partial charge on any atom is 0.136 e. The molecule has 2 nitrogen and oxygen atoms in total. The molecule has 0 N–H and O–H groups in total. The SMILES string of the molecule is O=C(CCCCC(=O)C1CCCC2CCCCC21)CC1CCCCC1. The van der Waals surface area contributed by atoms with Crippen LogP contribution in [0.3, 0.4) is 0 Å². The summed E-state index contributed by atoms with van der Waals surface area (Å²) in [5, 5.41) is 0. The lowest BCUT2D eigenvalue weighted by molar-refractivity contribution is -0.127. The molecule has 25 heavy (non-hydrogen) atoms. The molecule has 2 heteroatoms. The fraction of sp³-hybridized carbons (Fsp3) is 0.913. The van der Waals surface area contributed by atoms with Gasteiger partial charge in [-0.1, -0.05) is 64.2 Å². The fourth-order valence-electron chi connectivity index (χ4n) is 5.96. The summed E-state index contributed by atoms with van der Waals surface area (Å²) in [6, 6.07) is 0. The molecule has 0 aromatic carbocycles. The molecule has 0 heterocycles. The van der Waals surface area contributed by atoms with E-state index in [0.29, 0.717) is 35.7 Å². The summed E-state index contributed by atoms with van der Waals surface area (Å²) in [4.78, 5) is 24.9. The highest BCUT2D eigenvalue weighted by Crippen LogP contribution is 2.44. The van der Waals surface area contributed by atoms with Crippen LogP contribution in [0.1, 0.15) is 109 Å². The van der Waals surface area contributed by atoms with E-state index in [9.17, 15) is 9.59 Å². The summed E-state index contributed by atoms with van der Waals surface area (Å²) >= 11 is 0. The molecular formula is C23H38O2. The van der Waals surface area contributed by atoms with Crippen LogP contribution in [0.4, 0.5) is 0 Å². The van der Waals surface area contributed by atoms with Crippen LogP contribution in [-0.4, -0.2) is 11.6 Å². The molecule has 3 saturated carbocycles. The van der Waals surface area contributed by atoms with Crippen molar-refractivity contribution in [2.45, 2.75) is 109 Å². The van der Waals surface area contributed by atoms with E-state index in [-0.39, 0.29) is 0 Å². The smallest absolute Gasteiger partial charge is 0.136 e. The van der Waals surface area contributed by atoms with Crippen molar-refractivity contribution in [1.82, 2.24) is 0 Å². The van der Waals surface area contributed by atoms with Crippen LogP contribution >= 0.6 is 0 Å². The molecule has 0 saturated heterocycles. The van der Waals surface area contributed by atoms with Crippen molar-refractivity contribution in [2.75, 3.05) is 0 Å². The van der Waals surface area contributed by atoms with Crippen LogP contribution in [0.15, 0.2) is 0 Å². The Morgan fingerprint density at radius 2 is 1.36 bits per heavy atom. The van der Waals surface area contributed by atoms with Crippen LogP contribution in [0, 0.1) is 23.7 Å². The van der Waals surface area contributed by atoms with Gasteiger partial charge in [-0.05, 0) is 43.4 Å². The molecule has 3 unspecified atom stereocenters. The molecule has 0 aromatic rings. The summed E-state index contributed by atoms with van der Waals surface area (Å²) in [6.45, 7) is 0. The first-order valence-electron chi connectivity index (χ1n) is 11.3. The zero-order chi connectivity index (χ0) is 17.5. The predicted molar refractivity (Wildman–Crippen MR) is 102 cm³/mol. The molecule has 3 fully saturated rings. The first kappa shape index (κ1) is 19.1. The number of unbranched alkanes of at least 4 members (excludes halogenated alkanes) is 1. The van der Waals surface area contributed by atoms with Gasteiger partial charge in [0.05, 0.1) is 0 Å². The van der Waals surface area contributed by atoms with Gasteiger partial charge in [0.25, 0.3) is 0 Å². The van der Waals surface area contributed by atoms with Gasteiger partial charge in [-0.2, -0.15) is 0 Å². The number of rotatable bonds is 8. The van der Waals surface area contributed by atoms with E-state index in [1.165, 1.54) is 70.6 Å². The van der Waals surface area contributed by atoms with Crippen LogP contribution in [-0.2, 0) is 9.59 Å². The van der Waals surface area contributed by atoms with Gasteiger partial charge in [0.15, 0.2) is 0 Å². The lowest BCUT2D eigenvalue weighted by Gasteiger charge is -2.40. The van der Waals surface area contributed by atoms with Crippen LogP contribution < -0.4 is 0 Å². The Bertz CT molecular complexity index is 433. The average molecular weight is 347 g/mol. The maximum absolute atomic E-state index is 12.7. The topological polar surface area (TPSA) is 34.1 Å². The van der Waals surface area contributed by atoms with Gasteiger partial charge >= 0.3 is 0 Å². The van der Waals surface area contributed by atoms with Crippen molar-refractivity contribution in [3.05, 3.63) is 0 Å². The second-order valence-electron chi connectivity index (χ2n) is 9.17. The third-order valence-corrected chi connectivity index (χ3v) is 7.36. The van der Waals surface area contributed by atoms with E-state index in [4.69, 9.17) is 0 Å². The monoisotopic (exact) mass is 346 g/mol. The number of fused-ring (bicyclic) bond motifs is 1. The maximum atomic E-state index is 12.7. The van der Waals surface area contributed by atoms with E-state index in [1.54, 1.807) is 0 Å². The van der Waals surface area contributed by atoms with Crippen molar-refractivity contribution in [3.8, 4) is 0 Å². The Hall–Kier alpha value is -0.660. The normalized spacial score (nSPS) is 30.6. The third-order valence-electron chi connectivity index (χ3n) is 7.36. The Kier molecular flexibility index (Phi) is 7.55. The molecule has 0 aliphatic heterocycles. The van der Waals surface area contributed by atoms with Crippen molar-refractivity contribution in [2.24, 2.45) is 23.7 Å². The van der Waals surface area contributed by atoms with Gasteiger partial charge in [-0.25, -0.2) is 0 Å². The molecule has 142 valence electrons. The largest absolute Gasteiger partial charge is 0.300 e. The van der Waals surface area contributed by atoms with Gasteiger partial charge < -0.3 is 0 Å². The first-order valence-corrected chi connectivity index (χ1v) is 11.3. The van der Waals surface area contributed by atoms with Crippen molar-refractivity contribution in [1.29, 1.82) is 0 Å². The predicted octanol–water partition coefficient (Wildman–Crippen LogP) is 6.26. The minimum absolute atomic E-state index is 0.358. The number of carbonyl (C=O) groups excluding carboxylic acids is 2. The third kappa shape index (κ3) is 5.66. The zero-order valence-electron chi connectivity index (χ0n) is 16.1. The van der Waals surface area contributed by atoms with Crippen LogP contribution in [0.2, 0.25) is 0 Å². The Morgan fingerprint density at radius 1 is 0.680 bits per heavy atom. The number of hydrogen-bond acceptors (Lipinski definition) is 2. The first-order chi connectivity index (χ1) is 12.2. The van der Waals surface area contributed by atoms with Crippen LogP contribution in [0.5, 0.6) is 0 Å². The fourth-order valence-corrected chi connectivity index (χ4v) is 5.96. The van der Waals surface area contributed by atoms with E-state index < -0.39 is 0 Å². The van der Waals surface area contributed by atoms with E-state index in [2.05, 4.69) is 0 Å². The average Bonchev–Trinajstić information content (AvgIpc) is 2.65. The molecule has 3 aliphatic rings. The van der Waals surface area contributed by atoms with Crippen LogP contribution in [0.25, 0.3) is 0 Å². The summed E-state index contributed by atoms with van der Waals surface area (Å²) in [7, 11) is 0. The van der Waals surface area contributed by atoms with Gasteiger partial charge in [-0.15, -0.1) is 0 Å². The van der Waals surface area contributed by atoms with Crippen molar-refractivity contribution in [3.63, 3.8) is 0 Å². The van der Waals surface area contributed by atoms with Gasteiger partial charge in [0.2, 0.25) is 0 Å². The van der Waals surface area contributed by atoms with Gasteiger partial charge in [-0.3, -0.25) is 9.59 Å². The molecule has 3 atom stereocenters. The second kappa shape index (κ2) is 9.88. The highest BCUT2D eigenvalue weighted by Gasteiger charge is 2.37. The zero-order valence-corrected chi connectivity index (χ0v) is 16.1. The Labute approximate surface area is 154 Å². The Morgan fingerprint density at radius 3 is 2.20 bits per heavy atom. The Balaban J connectivity index is 1.32. The molecule has 3 rings (SSSR count). The van der Waals surface area contributed by atoms with E-state index >= 15 is 0 Å². The van der Waals surface area contributed by atoms with E-state index in [1.807, 2.05) is 0 Å². The lowest BCUT2D eigenvalue weighted by Crippen LogP contribution is -2.35. The highest BCUT2D eigenvalue weighted by atomic mass is 16.1. The number of ketones is 2. The summed E-state index contributed by atoms with van der Waals surface area (Å²) in [5.41, 5.74) is 0. The molecule has 0 amide bonds. The molecule has 0 bridgehead atoms. The highest BCUT2D eigenvalue weighted by molar-refractivity contribution is 5.81. The number of carbonyl (C=O) groups is 2. The quantitative estimate of drug-likeness (QED) is 0.486. The number of hydrogen-bond donors (Lipinski definition) is 0. The lowest BCUT2D eigenvalue weighted by atomic mass is 9.64. The standard InChI is InChI=1S/C23H38O2/c24-20(17-18-9-2-1-3-10-18)13-5-7-16-23(25)22-15-8-12-19-11-4-6-14-21(19)22/h18-19,21-22H,1-17H2. The van der Waals surface area contributed by atoms with Gasteiger partial charge in [0, 0.05) is 25.2 Å². The molecular weight excluding hydrogens is 308 g/mol. The van der Waals surface area contributed by atoms with Crippen molar-refractivity contribution < 1.29 is 9.59 Å². The summed E-state index contributed by atoms with van der Waals surface area (Å²) in [6.07, 6.45) is 19.7. The van der Waals surface area contributed by atoms with E-state index in [0.717, 1.165) is 38.0 Å². The molecule has 0 radical (unpaired) electrons. The molecule has 3 aliphatic carbocycles. The van der Waals surface area contributed by atoms with Crippen molar-refractivity contribution >= 4 is 11.6 Å². The summed E-state index contributed by atoms with van der Waals surface area (Å²) in [5.74, 6) is 3.53. The molecule has 0 spiro atoms. The van der Waals surface area contributed by atoms with Gasteiger partial charge in [0.1, 0.15) is 11.6 Å². The summed E-state index contributed by atoms with van der Waals surface area (Å²) < 4.78 is 0. The molecule has 0 aromatic heterocycles.